The maximum atomic E-state index is 13.3. The summed E-state index contributed by atoms with van der Waals surface area (Å²) < 4.78 is 0. The molecule has 2 heterocycles. The maximum Gasteiger partial charge on any atom is 0.326 e. The summed E-state index contributed by atoms with van der Waals surface area (Å²) in [6.45, 7) is 8.42. The molecule has 0 radical (unpaired) electrons. The summed E-state index contributed by atoms with van der Waals surface area (Å²) in [6.07, 6.45) is 2.73. The van der Waals surface area contributed by atoms with Gasteiger partial charge in [0.2, 0.25) is 17.7 Å². The highest BCUT2D eigenvalue weighted by atomic mass is 16.4. The molecule has 0 aromatic rings. The van der Waals surface area contributed by atoms with Gasteiger partial charge in [-0.3, -0.25) is 14.4 Å². The molecule has 0 aliphatic carbocycles. The lowest BCUT2D eigenvalue weighted by molar-refractivity contribution is -0.148. The van der Waals surface area contributed by atoms with Gasteiger partial charge in [0.05, 0.1) is 6.04 Å². The van der Waals surface area contributed by atoms with Crippen molar-refractivity contribution in [3.8, 4) is 0 Å². The number of carbonyl (C=O) groups excluding carboxylic acids is 3. The maximum absolute atomic E-state index is 13.3. The molecular formula is C21H36N4O5. The van der Waals surface area contributed by atoms with Crippen LogP contribution in [0.4, 0.5) is 0 Å². The van der Waals surface area contributed by atoms with E-state index in [-0.39, 0.29) is 23.7 Å². The third-order valence-electron chi connectivity index (χ3n) is 5.98. The lowest BCUT2D eigenvalue weighted by atomic mass is 10.0. The Hall–Kier alpha value is -2.16. The van der Waals surface area contributed by atoms with Gasteiger partial charge in [0.15, 0.2) is 0 Å². The number of rotatable bonds is 8. The minimum absolute atomic E-state index is 0.0342. The number of likely N-dealkylation sites (tertiary alicyclic amines) is 2. The summed E-state index contributed by atoms with van der Waals surface area (Å²) in [5, 5.41) is 12.0. The second-order valence-corrected chi connectivity index (χ2v) is 9.18. The van der Waals surface area contributed by atoms with E-state index in [0.717, 1.165) is 0 Å². The van der Waals surface area contributed by atoms with Crippen molar-refractivity contribution in [1.82, 2.24) is 15.1 Å². The van der Waals surface area contributed by atoms with E-state index in [2.05, 4.69) is 5.32 Å². The summed E-state index contributed by atoms with van der Waals surface area (Å²) in [6, 6.07) is -2.96. The van der Waals surface area contributed by atoms with E-state index in [1.165, 1.54) is 4.90 Å². The molecule has 0 saturated carbocycles. The van der Waals surface area contributed by atoms with E-state index in [0.29, 0.717) is 45.2 Å². The van der Waals surface area contributed by atoms with Crippen molar-refractivity contribution in [2.45, 2.75) is 84.0 Å². The Labute approximate surface area is 178 Å². The van der Waals surface area contributed by atoms with Crippen LogP contribution in [0.3, 0.4) is 0 Å². The molecule has 170 valence electrons. The molecule has 4 unspecified atom stereocenters. The highest BCUT2D eigenvalue weighted by Gasteiger charge is 2.43. The quantitative estimate of drug-likeness (QED) is 0.522. The summed E-state index contributed by atoms with van der Waals surface area (Å²) in [7, 11) is 0. The molecule has 0 bridgehead atoms. The summed E-state index contributed by atoms with van der Waals surface area (Å²) >= 11 is 0. The Kier molecular flexibility index (Phi) is 8.23. The van der Waals surface area contributed by atoms with Crippen molar-refractivity contribution in [3.05, 3.63) is 0 Å². The number of carboxylic acids is 1. The molecule has 0 spiro atoms. The zero-order chi connectivity index (χ0) is 22.6. The van der Waals surface area contributed by atoms with Crippen molar-refractivity contribution >= 4 is 23.7 Å². The monoisotopic (exact) mass is 424 g/mol. The van der Waals surface area contributed by atoms with Crippen LogP contribution < -0.4 is 11.1 Å². The van der Waals surface area contributed by atoms with Gasteiger partial charge in [-0.2, -0.15) is 0 Å². The van der Waals surface area contributed by atoms with E-state index in [1.54, 1.807) is 4.90 Å². The number of carboxylic acid groups (broad SMARTS) is 1. The number of nitrogens with zero attached hydrogens (tertiary/aromatic N) is 2. The first kappa shape index (κ1) is 24.1. The number of carbonyl (C=O) groups is 4. The highest BCUT2D eigenvalue weighted by Crippen LogP contribution is 2.26. The van der Waals surface area contributed by atoms with Crippen molar-refractivity contribution in [1.29, 1.82) is 0 Å². The number of aliphatic carboxylic acids is 1. The van der Waals surface area contributed by atoms with E-state index in [1.807, 2.05) is 27.7 Å². The molecule has 0 aromatic carbocycles. The van der Waals surface area contributed by atoms with Crippen LogP contribution >= 0.6 is 0 Å². The molecular weight excluding hydrogens is 388 g/mol. The van der Waals surface area contributed by atoms with Crippen LogP contribution in [0.15, 0.2) is 0 Å². The number of hydrogen-bond acceptors (Lipinski definition) is 5. The fourth-order valence-electron chi connectivity index (χ4n) is 4.22. The zero-order valence-electron chi connectivity index (χ0n) is 18.5. The van der Waals surface area contributed by atoms with E-state index in [4.69, 9.17) is 5.73 Å². The third-order valence-corrected chi connectivity index (χ3v) is 5.98. The van der Waals surface area contributed by atoms with Crippen LogP contribution in [0.2, 0.25) is 0 Å². The van der Waals surface area contributed by atoms with Gasteiger partial charge in [-0.25, -0.2) is 4.79 Å². The number of nitrogens with one attached hydrogen (secondary N) is 1. The minimum atomic E-state index is -1.08. The summed E-state index contributed by atoms with van der Waals surface area (Å²) in [5.74, 6) is -1.93. The predicted molar refractivity (Wildman–Crippen MR) is 111 cm³/mol. The summed E-state index contributed by atoms with van der Waals surface area (Å²) in [4.78, 5) is 53.4. The standard InChI is InChI=1S/C21H36N4O5/c1-12(2)11-14(21(29)30)23-18(26)15-7-5-9-24(15)19(27)16-8-6-10-25(16)20(28)17(22)13(3)4/h12-17H,5-11,22H2,1-4H3,(H,23,26)(H,29,30). The Morgan fingerprint density at radius 3 is 2.10 bits per heavy atom. The van der Waals surface area contributed by atoms with Gasteiger partial charge >= 0.3 is 5.97 Å². The third kappa shape index (κ3) is 5.50. The van der Waals surface area contributed by atoms with Gasteiger partial charge in [0.25, 0.3) is 0 Å². The van der Waals surface area contributed by atoms with E-state index < -0.39 is 36.0 Å². The Bertz CT molecular complexity index is 666. The van der Waals surface area contributed by atoms with Crippen molar-refractivity contribution in [3.63, 3.8) is 0 Å². The van der Waals surface area contributed by atoms with Gasteiger partial charge in [-0.05, 0) is 43.9 Å². The fourth-order valence-corrected chi connectivity index (χ4v) is 4.22. The van der Waals surface area contributed by atoms with Crippen molar-refractivity contribution < 1.29 is 24.3 Å². The van der Waals surface area contributed by atoms with Crippen LogP contribution in [0.25, 0.3) is 0 Å². The first-order valence-electron chi connectivity index (χ1n) is 10.9. The molecule has 2 aliphatic rings. The second kappa shape index (κ2) is 10.2. The second-order valence-electron chi connectivity index (χ2n) is 9.18. The largest absolute Gasteiger partial charge is 0.480 e. The van der Waals surface area contributed by atoms with Crippen LogP contribution in [-0.2, 0) is 19.2 Å². The van der Waals surface area contributed by atoms with Gasteiger partial charge in [0.1, 0.15) is 18.1 Å². The molecule has 9 heteroatoms. The highest BCUT2D eigenvalue weighted by molar-refractivity contribution is 5.94. The number of nitrogens with two attached hydrogens (primary N) is 1. The molecule has 2 fully saturated rings. The van der Waals surface area contributed by atoms with Gasteiger partial charge in [-0.1, -0.05) is 27.7 Å². The Balaban J connectivity index is 2.10. The smallest absolute Gasteiger partial charge is 0.326 e. The number of hydrogen-bond donors (Lipinski definition) is 3. The average molecular weight is 425 g/mol. The molecule has 4 atom stereocenters. The molecule has 0 aromatic heterocycles. The summed E-state index contributed by atoms with van der Waals surface area (Å²) in [5.41, 5.74) is 6.02. The van der Waals surface area contributed by atoms with Crippen LogP contribution in [0.1, 0.15) is 59.8 Å². The van der Waals surface area contributed by atoms with Crippen LogP contribution in [-0.4, -0.2) is 75.9 Å². The predicted octanol–water partition coefficient (Wildman–Crippen LogP) is 0.567. The van der Waals surface area contributed by atoms with E-state index in [9.17, 15) is 24.3 Å². The van der Waals surface area contributed by atoms with Crippen molar-refractivity contribution in [2.24, 2.45) is 17.6 Å². The Morgan fingerprint density at radius 1 is 1.00 bits per heavy atom. The SMILES string of the molecule is CC(C)CC(NC(=O)C1CCCN1C(=O)C1CCCN1C(=O)C(N)C(C)C)C(=O)O. The number of amides is 3. The normalized spacial score (nSPS) is 23.7. The first-order chi connectivity index (χ1) is 14.0. The molecule has 2 aliphatic heterocycles. The molecule has 2 rings (SSSR count). The van der Waals surface area contributed by atoms with Gasteiger partial charge in [0, 0.05) is 13.1 Å². The Morgan fingerprint density at radius 2 is 1.57 bits per heavy atom. The van der Waals surface area contributed by atoms with Crippen LogP contribution in [0, 0.1) is 11.8 Å². The molecule has 9 nitrogen and oxygen atoms in total. The first-order valence-corrected chi connectivity index (χ1v) is 10.9. The van der Waals surface area contributed by atoms with E-state index >= 15 is 0 Å². The topological polar surface area (TPSA) is 133 Å². The molecule has 30 heavy (non-hydrogen) atoms. The van der Waals surface area contributed by atoms with Crippen molar-refractivity contribution in [2.75, 3.05) is 13.1 Å². The van der Waals surface area contributed by atoms with Crippen LogP contribution in [0.5, 0.6) is 0 Å². The lowest BCUT2D eigenvalue weighted by Crippen LogP contribution is -2.56. The average Bonchev–Trinajstić information content (AvgIpc) is 3.34. The molecule has 3 amide bonds. The van der Waals surface area contributed by atoms with Gasteiger partial charge < -0.3 is 26.0 Å². The fraction of sp³-hybridized carbons (Fsp3) is 0.810. The molecule has 2 saturated heterocycles. The van der Waals surface area contributed by atoms with Gasteiger partial charge in [-0.15, -0.1) is 0 Å². The molecule has 4 N–H and O–H groups in total. The minimum Gasteiger partial charge on any atom is -0.480 e. The zero-order valence-corrected chi connectivity index (χ0v) is 18.5. The lowest BCUT2D eigenvalue weighted by Gasteiger charge is -2.33.